The van der Waals surface area contributed by atoms with Crippen LogP contribution < -0.4 is 0 Å². The Hall–Kier alpha value is -0.563. The van der Waals surface area contributed by atoms with Crippen molar-refractivity contribution in [2.75, 3.05) is 6.23 Å². The lowest BCUT2D eigenvalue weighted by Crippen LogP contribution is -2.06. The van der Waals surface area contributed by atoms with Gasteiger partial charge >= 0.3 is 5.97 Å². The highest BCUT2D eigenvalue weighted by molar-refractivity contribution is 14.1. The van der Waals surface area contributed by atoms with Crippen molar-refractivity contribution in [3.8, 4) is 5.75 Å². The lowest BCUT2D eigenvalue weighted by Gasteiger charge is -2.03. The first-order valence-electron chi connectivity index (χ1n) is 3.80. The first-order chi connectivity index (χ1) is 6.15. The number of benzene rings is 1. The second kappa shape index (κ2) is 4.61. The minimum atomic E-state index is -0.455. The van der Waals surface area contributed by atoms with Crippen molar-refractivity contribution in [3.63, 3.8) is 0 Å². The summed E-state index contributed by atoms with van der Waals surface area (Å²) in [5.74, 6) is -0.476. The Morgan fingerprint density at radius 2 is 2.31 bits per heavy atom. The second-order valence-corrected chi connectivity index (χ2v) is 4.20. The van der Waals surface area contributed by atoms with Crippen LogP contribution in [0.3, 0.4) is 0 Å². The summed E-state index contributed by atoms with van der Waals surface area (Å²) in [5, 5.41) is 9.39. The van der Waals surface area contributed by atoms with E-state index in [4.69, 9.17) is 4.74 Å². The van der Waals surface area contributed by atoms with Gasteiger partial charge in [0.2, 0.25) is 0 Å². The zero-order valence-corrected chi connectivity index (χ0v) is 11.2. The molecule has 0 atom stereocenters. The highest BCUT2D eigenvalue weighted by Gasteiger charge is 2.11. The molecule has 0 heterocycles. The topological polar surface area (TPSA) is 46.5 Å². The molecule has 0 unspecified atom stereocenters. The molecule has 0 aliphatic carbocycles. The lowest BCUT2D eigenvalue weighted by atomic mass is 10.2. The fourth-order valence-corrected chi connectivity index (χ4v) is 1.62. The molecule has 1 N–H and O–H groups in total. The van der Waals surface area contributed by atoms with Crippen LogP contribution in [0.5, 0.6) is 5.75 Å². The van der Waals surface area contributed by atoms with Gasteiger partial charge in [-0.25, -0.2) is 4.79 Å². The smallest absolute Gasteiger partial charge is 0.341 e. The number of ether oxygens (including phenoxy) is 1. The maximum absolute atomic E-state index is 11.2. The minimum absolute atomic E-state index is 0.0213. The number of phenols is 1. The van der Waals surface area contributed by atoms with Crippen LogP contribution in [0, 0.1) is 3.57 Å². The van der Waals surface area contributed by atoms with Gasteiger partial charge in [0.15, 0.2) is 0 Å². The summed E-state index contributed by atoms with van der Waals surface area (Å²) in [4.78, 5) is 11.2. The molecule has 0 aliphatic heterocycles. The van der Waals surface area contributed by atoms with Crippen LogP contribution >= 0.6 is 22.6 Å². The quantitative estimate of drug-likeness (QED) is 0.491. The molecule has 1 rings (SSSR count). The number of aromatic hydroxyl groups is 1. The molecule has 0 radical (unpaired) electrons. The summed E-state index contributed by atoms with van der Waals surface area (Å²) < 4.78 is 5.70. The molecule has 0 fully saturated rings. The maximum Gasteiger partial charge on any atom is 0.341 e. The van der Waals surface area contributed by atoms with Crippen LogP contribution in [0.15, 0.2) is 18.2 Å². The van der Waals surface area contributed by atoms with Crippen molar-refractivity contribution < 1.29 is 14.6 Å². The first kappa shape index (κ1) is 10.5. The van der Waals surface area contributed by atoms with E-state index in [0.29, 0.717) is 6.23 Å². The van der Waals surface area contributed by atoms with Gasteiger partial charge in [-0.3, -0.25) is 0 Å². The Morgan fingerprint density at radius 1 is 1.62 bits per heavy atom. The minimum Gasteiger partial charge on any atom is -0.507 e. The molecule has 0 spiro atoms. The molecule has 70 valence electrons. The Balaban J connectivity index is 2.95. The average molecular weight is 308 g/mol. The Bertz CT molecular complexity index is 327. The number of carbonyl (C=O) groups is 1. The Morgan fingerprint density at radius 3 is 2.85 bits per heavy atom. The van der Waals surface area contributed by atoms with Crippen LogP contribution in [0.4, 0.5) is 0 Å². The molecule has 0 amide bonds. The molecule has 0 saturated heterocycles. The van der Waals surface area contributed by atoms with E-state index >= 15 is 0 Å². The number of phenolic OH excluding ortho intramolecular Hbond substituents is 1. The third kappa shape index (κ3) is 2.70. The van der Waals surface area contributed by atoms with Crippen LogP contribution in [-0.4, -0.2) is 27.5 Å². The maximum atomic E-state index is 11.2. The number of carbonyl (C=O) groups excluding carboxylic acids is 1. The van der Waals surface area contributed by atoms with Crippen molar-refractivity contribution in [3.05, 3.63) is 27.3 Å². The molecular formula is C8H9IO3Si. The second-order valence-electron chi connectivity index (χ2n) is 2.38. The third-order valence-corrected chi connectivity index (χ3v) is 2.41. The number of hydrogen-bond acceptors (Lipinski definition) is 3. The predicted molar refractivity (Wildman–Crippen MR) is 61.0 cm³/mol. The largest absolute Gasteiger partial charge is 0.507 e. The van der Waals surface area contributed by atoms with Gasteiger partial charge in [0, 0.05) is 3.57 Å². The van der Waals surface area contributed by atoms with Gasteiger partial charge < -0.3 is 9.84 Å². The van der Waals surface area contributed by atoms with E-state index in [-0.39, 0.29) is 11.3 Å². The van der Waals surface area contributed by atoms with E-state index in [1.165, 1.54) is 6.07 Å². The van der Waals surface area contributed by atoms with Gasteiger partial charge in [-0.1, -0.05) is 0 Å². The van der Waals surface area contributed by atoms with E-state index in [2.05, 4.69) is 22.6 Å². The zero-order valence-electron chi connectivity index (χ0n) is 7.08. The Kier molecular flexibility index (Phi) is 3.73. The third-order valence-electron chi connectivity index (χ3n) is 1.46. The summed E-state index contributed by atoms with van der Waals surface area (Å²) in [6.07, 6.45) is 0.449. The van der Waals surface area contributed by atoms with Crippen LogP contribution in [0.1, 0.15) is 10.4 Å². The van der Waals surface area contributed by atoms with E-state index in [1.54, 1.807) is 12.1 Å². The molecule has 1 aromatic carbocycles. The number of rotatable bonds is 2. The first-order valence-corrected chi connectivity index (χ1v) is 6.30. The molecule has 5 heteroatoms. The SMILES string of the molecule is O=C(OC[SiH3])c1ccc(I)cc1O. The van der Waals surface area contributed by atoms with Gasteiger partial charge in [-0.2, -0.15) is 0 Å². The summed E-state index contributed by atoms with van der Waals surface area (Å²) >= 11 is 2.06. The standard InChI is InChI=1S/C8H9IO3Si/c9-5-1-2-6(7(10)3-5)8(11)12-4-13/h1-3,10H,4H2,13H3. The van der Waals surface area contributed by atoms with Gasteiger partial charge in [0.1, 0.15) is 11.3 Å². The molecule has 0 saturated carbocycles. The number of halogens is 1. The Labute approximate surface area is 92.7 Å². The predicted octanol–water partition coefficient (Wildman–Crippen LogP) is 0.476. The van der Waals surface area contributed by atoms with E-state index in [0.717, 1.165) is 13.8 Å². The van der Waals surface area contributed by atoms with Crippen LogP contribution in [0.25, 0.3) is 0 Å². The van der Waals surface area contributed by atoms with E-state index in [1.807, 2.05) is 0 Å². The molecule has 13 heavy (non-hydrogen) atoms. The molecule has 3 nitrogen and oxygen atoms in total. The summed E-state index contributed by atoms with van der Waals surface area (Å²) in [5.41, 5.74) is 0.233. The number of hydrogen-bond donors (Lipinski definition) is 1. The molecule has 0 bridgehead atoms. The zero-order chi connectivity index (χ0) is 9.84. The highest BCUT2D eigenvalue weighted by Crippen LogP contribution is 2.20. The highest BCUT2D eigenvalue weighted by atomic mass is 127. The fourth-order valence-electron chi connectivity index (χ4n) is 0.886. The van der Waals surface area contributed by atoms with Gasteiger partial charge in [-0.05, 0) is 40.8 Å². The van der Waals surface area contributed by atoms with Crippen molar-refractivity contribution >= 4 is 38.8 Å². The monoisotopic (exact) mass is 308 g/mol. The van der Waals surface area contributed by atoms with Crippen molar-refractivity contribution in [2.24, 2.45) is 0 Å². The summed E-state index contributed by atoms with van der Waals surface area (Å²) in [6, 6.07) is 4.85. The van der Waals surface area contributed by atoms with E-state index < -0.39 is 5.97 Å². The molecule has 1 aromatic rings. The van der Waals surface area contributed by atoms with Crippen LogP contribution in [0.2, 0.25) is 0 Å². The van der Waals surface area contributed by atoms with Gasteiger partial charge in [0.05, 0.1) is 16.5 Å². The van der Waals surface area contributed by atoms with Crippen molar-refractivity contribution in [1.82, 2.24) is 0 Å². The van der Waals surface area contributed by atoms with E-state index in [9.17, 15) is 9.90 Å². The molecule has 0 aromatic heterocycles. The normalized spacial score (nSPS) is 9.92. The van der Waals surface area contributed by atoms with Crippen molar-refractivity contribution in [2.45, 2.75) is 0 Å². The van der Waals surface area contributed by atoms with Gasteiger partial charge in [0.25, 0.3) is 0 Å². The lowest BCUT2D eigenvalue weighted by molar-refractivity contribution is 0.0570. The van der Waals surface area contributed by atoms with Crippen LogP contribution in [-0.2, 0) is 4.74 Å². The van der Waals surface area contributed by atoms with Crippen molar-refractivity contribution in [1.29, 1.82) is 0 Å². The fraction of sp³-hybridized carbons (Fsp3) is 0.125. The van der Waals surface area contributed by atoms with Gasteiger partial charge in [-0.15, -0.1) is 0 Å². The molecular weight excluding hydrogens is 299 g/mol. The summed E-state index contributed by atoms with van der Waals surface area (Å²) in [7, 11) is 0.808. The number of esters is 1. The average Bonchev–Trinajstić information content (AvgIpc) is 2.04. The summed E-state index contributed by atoms with van der Waals surface area (Å²) in [6.45, 7) is 0. The molecule has 0 aliphatic rings.